The van der Waals surface area contributed by atoms with Crippen LogP contribution >= 0.6 is 0 Å². The standard InChI is InChI=1S/C14H23N3O2/c1-6-17(7-2)14-15-9-11(13(18)19-8-3)12(16-14)10(4)5/h9-10H,6-8H2,1-5H3. The lowest BCUT2D eigenvalue weighted by Crippen LogP contribution is -2.25. The second-order valence-electron chi connectivity index (χ2n) is 4.52. The van der Waals surface area contributed by atoms with Crippen molar-refractivity contribution in [2.24, 2.45) is 0 Å². The van der Waals surface area contributed by atoms with E-state index in [4.69, 9.17) is 4.74 Å². The predicted octanol–water partition coefficient (Wildman–Crippen LogP) is 2.62. The topological polar surface area (TPSA) is 55.3 Å². The Hall–Kier alpha value is -1.65. The number of aromatic nitrogens is 2. The Bertz CT molecular complexity index is 429. The molecule has 0 fully saturated rings. The fraction of sp³-hybridized carbons (Fsp3) is 0.643. The van der Waals surface area contributed by atoms with Crippen molar-refractivity contribution < 1.29 is 9.53 Å². The molecular formula is C14H23N3O2. The molecule has 0 N–H and O–H groups in total. The van der Waals surface area contributed by atoms with E-state index in [0.717, 1.165) is 18.8 Å². The third kappa shape index (κ3) is 3.66. The summed E-state index contributed by atoms with van der Waals surface area (Å²) in [6.45, 7) is 12.0. The fourth-order valence-corrected chi connectivity index (χ4v) is 1.85. The number of ether oxygens (including phenoxy) is 1. The summed E-state index contributed by atoms with van der Waals surface area (Å²) in [5.41, 5.74) is 1.21. The highest BCUT2D eigenvalue weighted by Gasteiger charge is 2.19. The van der Waals surface area contributed by atoms with Gasteiger partial charge in [0, 0.05) is 19.3 Å². The van der Waals surface area contributed by atoms with Gasteiger partial charge in [-0.05, 0) is 26.7 Å². The van der Waals surface area contributed by atoms with Crippen molar-refractivity contribution in [3.8, 4) is 0 Å². The van der Waals surface area contributed by atoms with Gasteiger partial charge in [0.15, 0.2) is 0 Å². The molecule has 0 radical (unpaired) electrons. The maximum atomic E-state index is 11.9. The first-order valence-electron chi connectivity index (χ1n) is 6.84. The van der Waals surface area contributed by atoms with Gasteiger partial charge in [-0.2, -0.15) is 0 Å². The van der Waals surface area contributed by atoms with E-state index in [9.17, 15) is 4.79 Å². The van der Waals surface area contributed by atoms with Crippen molar-refractivity contribution >= 4 is 11.9 Å². The van der Waals surface area contributed by atoms with Crippen molar-refractivity contribution in [2.75, 3.05) is 24.6 Å². The number of hydrogen-bond donors (Lipinski definition) is 0. The van der Waals surface area contributed by atoms with Gasteiger partial charge in [-0.3, -0.25) is 0 Å². The van der Waals surface area contributed by atoms with Gasteiger partial charge in [0.05, 0.1) is 17.9 Å². The van der Waals surface area contributed by atoms with Crippen molar-refractivity contribution in [1.82, 2.24) is 9.97 Å². The molecule has 0 atom stereocenters. The zero-order valence-corrected chi connectivity index (χ0v) is 12.4. The van der Waals surface area contributed by atoms with Gasteiger partial charge < -0.3 is 9.64 Å². The average molecular weight is 265 g/mol. The van der Waals surface area contributed by atoms with Crippen LogP contribution in [0.15, 0.2) is 6.20 Å². The molecule has 19 heavy (non-hydrogen) atoms. The van der Waals surface area contributed by atoms with E-state index < -0.39 is 0 Å². The lowest BCUT2D eigenvalue weighted by atomic mass is 10.1. The fourth-order valence-electron chi connectivity index (χ4n) is 1.85. The monoisotopic (exact) mass is 265 g/mol. The van der Waals surface area contributed by atoms with E-state index >= 15 is 0 Å². The summed E-state index contributed by atoms with van der Waals surface area (Å²) in [4.78, 5) is 22.7. The van der Waals surface area contributed by atoms with Gasteiger partial charge in [-0.25, -0.2) is 14.8 Å². The Balaban J connectivity index is 3.18. The smallest absolute Gasteiger partial charge is 0.341 e. The largest absolute Gasteiger partial charge is 0.462 e. The van der Waals surface area contributed by atoms with Gasteiger partial charge in [0.2, 0.25) is 5.95 Å². The summed E-state index contributed by atoms with van der Waals surface area (Å²) in [5.74, 6) is 0.468. The normalized spacial score (nSPS) is 10.6. The third-order valence-corrected chi connectivity index (χ3v) is 2.89. The van der Waals surface area contributed by atoms with Crippen LogP contribution in [0.25, 0.3) is 0 Å². The van der Waals surface area contributed by atoms with Crippen LogP contribution in [-0.4, -0.2) is 35.6 Å². The molecule has 0 saturated carbocycles. The van der Waals surface area contributed by atoms with Crippen LogP contribution in [0.2, 0.25) is 0 Å². The summed E-state index contributed by atoms with van der Waals surface area (Å²) in [6, 6.07) is 0. The maximum absolute atomic E-state index is 11.9. The molecule has 1 heterocycles. The van der Waals surface area contributed by atoms with E-state index in [-0.39, 0.29) is 11.9 Å². The van der Waals surface area contributed by atoms with E-state index in [1.807, 2.05) is 13.8 Å². The quantitative estimate of drug-likeness (QED) is 0.740. The van der Waals surface area contributed by atoms with Crippen LogP contribution in [0.1, 0.15) is 56.6 Å². The van der Waals surface area contributed by atoms with Crippen LogP contribution < -0.4 is 4.90 Å². The highest BCUT2D eigenvalue weighted by molar-refractivity contribution is 5.90. The van der Waals surface area contributed by atoms with Crippen LogP contribution in [-0.2, 0) is 4.74 Å². The average Bonchev–Trinajstić information content (AvgIpc) is 2.40. The summed E-state index contributed by atoms with van der Waals surface area (Å²) >= 11 is 0. The first-order chi connectivity index (χ1) is 9.04. The SMILES string of the molecule is CCOC(=O)c1cnc(N(CC)CC)nc1C(C)C. The summed E-state index contributed by atoms with van der Waals surface area (Å²) in [7, 11) is 0. The lowest BCUT2D eigenvalue weighted by molar-refractivity contribution is 0.0523. The molecular weight excluding hydrogens is 242 g/mol. The van der Waals surface area contributed by atoms with Gasteiger partial charge in [0.1, 0.15) is 0 Å². The molecule has 0 aromatic carbocycles. The van der Waals surface area contributed by atoms with Gasteiger partial charge >= 0.3 is 5.97 Å². The Kier molecular flexibility index (Phi) is 5.73. The zero-order chi connectivity index (χ0) is 14.4. The van der Waals surface area contributed by atoms with E-state index in [1.54, 1.807) is 13.1 Å². The minimum absolute atomic E-state index is 0.150. The highest BCUT2D eigenvalue weighted by atomic mass is 16.5. The molecule has 1 rings (SSSR count). The van der Waals surface area contributed by atoms with Crippen molar-refractivity contribution in [1.29, 1.82) is 0 Å². The number of rotatable bonds is 6. The highest BCUT2D eigenvalue weighted by Crippen LogP contribution is 2.20. The number of hydrogen-bond acceptors (Lipinski definition) is 5. The number of carbonyl (C=O) groups excluding carboxylic acids is 1. The number of esters is 1. The maximum Gasteiger partial charge on any atom is 0.341 e. The molecule has 0 spiro atoms. The van der Waals surface area contributed by atoms with Crippen LogP contribution in [0, 0.1) is 0 Å². The molecule has 106 valence electrons. The van der Waals surface area contributed by atoms with Gasteiger partial charge in [-0.1, -0.05) is 13.8 Å². The van der Waals surface area contributed by atoms with E-state index in [0.29, 0.717) is 18.1 Å². The van der Waals surface area contributed by atoms with Crippen molar-refractivity contribution in [2.45, 2.75) is 40.5 Å². The molecule has 0 aliphatic heterocycles. The van der Waals surface area contributed by atoms with E-state index in [2.05, 4.69) is 28.7 Å². The molecule has 0 amide bonds. The Morgan fingerprint density at radius 2 is 1.95 bits per heavy atom. The van der Waals surface area contributed by atoms with Gasteiger partial charge in [-0.15, -0.1) is 0 Å². The summed E-state index contributed by atoms with van der Waals surface area (Å²) in [6.07, 6.45) is 1.58. The first kappa shape index (κ1) is 15.4. The lowest BCUT2D eigenvalue weighted by Gasteiger charge is -2.20. The molecule has 5 nitrogen and oxygen atoms in total. The van der Waals surface area contributed by atoms with Crippen molar-refractivity contribution in [3.63, 3.8) is 0 Å². The molecule has 0 bridgehead atoms. The zero-order valence-electron chi connectivity index (χ0n) is 12.4. The van der Waals surface area contributed by atoms with E-state index in [1.165, 1.54) is 0 Å². The molecule has 0 unspecified atom stereocenters. The number of nitrogens with zero attached hydrogens (tertiary/aromatic N) is 3. The minimum Gasteiger partial charge on any atom is -0.462 e. The Labute approximate surface area is 115 Å². The second kappa shape index (κ2) is 7.07. The van der Waals surface area contributed by atoms with Crippen LogP contribution in [0.5, 0.6) is 0 Å². The molecule has 0 aliphatic carbocycles. The summed E-state index contributed by atoms with van der Waals surface area (Å²) < 4.78 is 5.04. The molecule has 1 aromatic rings. The molecule has 5 heteroatoms. The number of anilines is 1. The Morgan fingerprint density at radius 1 is 1.32 bits per heavy atom. The Morgan fingerprint density at radius 3 is 2.42 bits per heavy atom. The second-order valence-corrected chi connectivity index (χ2v) is 4.52. The summed E-state index contributed by atoms with van der Waals surface area (Å²) in [5, 5.41) is 0. The molecule has 1 aromatic heterocycles. The van der Waals surface area contributed by atoms with Gasteiger partial charge in [0.25, 0.3) is 0 Å². The number of carbonyl (C=O) groups is 1. The van der Waals surface area contributed by atoms with Crippen LogP contribution in [0.3, 0.4) is 0 Å². The third-order valence-electron chi connectivity index (χ3n) is 2.89. The van der Waals surface area contributed by atoms with Crippen LogP contribution in [0.4, 0.5) is 5.95 Å². The molecule has 0 aliphatic rings. The van der Waals surface area contributed by atoms with Crippen molar-refractivity contribution in [3.05, 3.63) is 17.5 Å². The predicted molar refractivity (Wildman–Crippen MR) is 75.6 cm³/mol. The molecule has 0 saturated heterocycles. The first-order valence-corrected chi connectivity index (χ1v) is 6.84. The minimum atomic E-state index is -0.350.